The Morgan fingerprint density at radius 1 is 1.32 bits per heavy atom. The fraction of sp³-hybridized carbons (Fsp3) is 0.250. The summed E-state index contributed by atoms with van der Waals surface area (Å²) in [7, 11) is 0. The minimum Gasteiger partial charge on any atom is -0.507 e. The SMILES string of the molecule is CC(=O)N(C(=O)c1ccccc1O)C(CS)C(=O)O. The summed E-state index contributed by atoms with van der Waals surface area (Å²) in [5.41, 5.74) is -0.134. The van der Waals surface area contributed by atoms with Crippen LogP contribution in [0.1, 0.15) is 17.3 Å². The minimum absolute atomic E-state index is 0.134. The molecule has 6 nitrogen and oxygen atoms in total. The molecular formula is C12H13NO5S. The highest BCUT2D eigenvalue weighted by Crippen LogP contribution is 2.19. The van der Waals surface area contributed by atoms with Crippen LogP contribution >= 0.6 is 12.6 Å². The summed E-state index contributed by atoms with van der Waals surface area (Å²) in [6.45, 7) is 1.08. The lowest BCUT2D eigenvalue weighted by molar-refractivity contribution is -0.146. The van der Waals surface area contributed by atoms with E-state index in [1.165, 1.54) is 24.3 Å². The average molecular weight is 283 g/mol. The second-order valence-corrected chi connectivity index (χ2v) is 4.11. The molecule has 7 heteroatoms. The van der Waals surface area contributed by atoms with Crippen molar-refractivity contribution >= 4 is 30.4 Å². The van der Waals surface area contributed by atoms with Gasteiger partial charge in [0.15, 0.2) is 0 Å². The molecule has 1 aromatic rings. The van der Waals surface area contributed by atoms with E-state index in [1.807, 2.05) is 0 Å². The Labute approximate surface area is 115 Å². The molecule has 102 valence electrons. The van der Waals surface area contributed by atoms with Crippen LogP contribution < -0.4 is 0 Å². The lowest BCUT2D eigenvalue weighted by Crippen LogP contribution is -2.48. The molecular weight excluding hydrogens is 270 g/mol. The molecule has 19 heavy (non-hydrogen) atoms. The van der Waals surface area contributed by atoms with Crippen molar-refractivity contribution in [2.75, 3.05) is 5.75 Å². The number of carbonyl (C=O) groups is 3. The van der Waals surface area contributed by atoms with Crippen LogP contribution in [0.15, 0.2) is 24.3 Å². The van der Waals surface area contributed by atoms with Gasteiger partial charge in [0.05, 0.1) is 5.56 Å². The number of hydrogen-bond donors (Lipinski definition) is 3. The van der Waals surface area contributed by atoms with Crippen molar-refractivity contribution in [3.8, 4) is 5.75 Å². The van der Waals surface area contributed by atoms with Crippen molar-refractivity contribution in [1.29, 1.82) is 0 Å². The van der Waals surface area contributed by atoms with Crippen LogP contribution in [0.4, 0.5) is 0 Å². The molecule has 0 radical (unpaired) electrons. The van der Waals surface area contributed by atoms with Gasteiger partial charge in [-0.1, -0.05) is 12.1 Å². The van der Waals surface area contributed by atoms with Gasteiger partial charge in [-0.05, 0) is 12.1 Å². The van der Waals surface area contributed by atoms with Gasteiger partial charge in [-0.15, -0.1) is 0 Å². The molecule has 0 aliphatic heterocycles. The standard InChI is InChI=1S/C12H13NO5S/c1-7(14)13(9(6-19)12(17)18)11(16)8-4-2-3-5-10(8)15/h2-5,9,15,19H,6H2,1H3,(H,17,18). The summed E-state index contributed by atoms with van der Waals surface area (Å²) in [4.78, 5) is 35.3. The van der Waals surface area contributed by atoms with Crippen LogP contribution in [-0.4, -0.2) is 44.7 Å². The molecule has 2 amide bonds. The van der Waals surface area contributed by atoms with E-state index in [-0.39, 0.29) is 17.1 Å². The summed E-state index contributed by atoms with van der Waals surface area (Å²) in [5.74, 6) is -3.47. The number of imide groups is 1. The van der Waals surface area contributed by atoms with E-state index >= 15 is 0 Å². The van der Waals surface area contributed by atoms with E-state index in [9.17, 15) is 19.5 Å². The van der Waals surface area contributed by atoms with E-state index in [4.69, 9.17) is 5.11 Å². The number of para-hydroxylation sites is 1. The molecule has 0 saturated heterocycles. The molecule has 0 bridgehead atoms. The second-order valence-electron chi connectivity index (χ2n) is 3.75. The molecule has 1 unspecified atom stereocenters. The van der Waals surface area contributed by atoms with Crippen LogP contribution in [0.3, 0.4) is 0 Å². The molecule has 0 aliphatic rings. The Hall–Kier alpha value is -2.02. The predicted octanol–water partition coefficient (Wildman–Crippen LogP) is 0.764. The first-order valence-electron chi connectivity index (χ1n) is 5.36. The number of nitrogens with zero attached hydrogens (tertiary/aromatic N) is 1. The number of rotatable bonds is 4. The Bertz CT molecular complexity index is 517. The number of amides is 2. The summed E-state index contributed by atoms with van der Waals surface area (Å²) in [6, 6.07) is 4.22. The summed E-state index contributed by atoms with van der Waals surface area (Å²) in [5, 5.41) is 18.6. The monoisotopic (exact) mass is 283 g/mol. The highest BCUT2D eigenvalue weighted by Gasteiger charge is 2.33. The third kappa shape index (κ3) is 3.25. The number of phenolic OH excluding ortho intramolecular Hbond substituents is 1. The van der Waals surface area contributed by atoms with Crippen LogP contribution in [0.5, 0.6) is 5.75 Å². The fourth-order valence-electron chi connectivity index (χ4n) is 1.56. The molecule has 0 spiro atoms. The maximum atomic E-state index is 12.2. The van der Waals surface area contributed by atoms with Crippen molar-refractivity contribution in [2.45, 2.75) is 13.0 Å². The normalized spacial score (nSPS) is 11.7. The van der Waals surface area contributed by atoms with Gasteiger partial charge in [-0.2, -0.15) is 12.6 Å². The second kappa shape index (κ2) is 6.24. The number of carboxylic acids is 1. The number of carboxylic acid groups (broad SMARTS) is 1. The van der Waals surface area contributed by atoms with Gasteiger partial charge in [0, 0.05) is 12.7 Å². The van der Waals surface area contributed by atoms with Crippen LogP contribution in [0.2, 0.25) is 0 Å². The predicted molar refractivity (Wildman–Crippen MR) is 70.2 cm³/mol. The van der Waals surface area contributed by atoms with Crippen molar-refractivity contribution in [3.05, 3.63) is 29.8 Å². The van der Waals surface area contributed by atoms with Gasteiger partial charge in [-0.3, -0.25) is 14.5 Å². The lowest BCUT2D eigenvalue weighted by Gasteiger charge is -2.25. The summed E-state index contributed by atoms with van der Waals surface area (Å²) >= 11 is 3.83. The number of thiol groups is 1. The van der Waals surface area contributed by atoms with Crippen LogP contribution in [-0.2, 0) is 9.59 Å². The first-order valence-corrected chi connectivity index (χ1v) is 5.99. The highest BCUT2D eigenvalue weighted by molar-refractivity contribution is 7.80. The number of aliphatic carboxylic acids is 1. The maximum Gasteiger partial charge on any atom is 0.327 e. The third-order valence-electron chi connectivity index (χ3n) is 2.46. The molecule has 1 aromatic carbocycles. The summed E-state index contributed by atoms with van der Waals surface area (Å²) < 4.78 is 0. The van der Waals surface area contributed by atoms with Gasteiger partial charge >= 0.3 is 5.97 Å². The molecule has 0 heterocycles. The zero-order chi connectivity index (χ0) is 14.6. The maximum absolute atomic E-state index is 12.2. The zero-order valence-electron chi connectivity index (χ0n) is 10.1. The van der Waals surface area contributed by atoms with Crippen molar-refractivity contribution in [2.24, 2.45) is 0 Å². The van der Waals surface area contributed by atoms with E-state index in [1.54, 1.807) is 0 Å². The Balaban J connectivity index is 3.21. The molecule has 0 aromatic heterocycles. The van der Waals surface area contributed by atoms with E-state index in [0.717, 1.165) is 6.92 Å². The minimum atomic E-state index is -1.38. The first-order chi connectivity index (χ1) is 8.90. The number of aromatic hydroxyl groups is 1. The van der Waals surface area contributed by atoms with Gasteiger partial charge in [0.25, 0.3) is 5.91 Å². The third-order valence-corrected chi connectivity index (χ3v) is 2.81. The first kappa shape index (κ1) is 15.0. The topological polar surface area (TPSA) is 94.9 Å². The molecule has 2 N–H and O–H groups in total. The largest absolute Gasteiger partial charge is 0.507 e. The lowest BCUT2D eigenvalue weighted by atomic mass is 10.1. The quantitative estimate of drug-likeness (QED) is 0.709. The van der Waals surface area contributed by atoms with Crippen molar-refractivity contribution in [1.82, 2.24) is 4.90 Å². The molecule has 1 rings (SSSR count). The fourth-order valence-corrected chi connectivity index (χ4v) is 1.88. The Morgan fingerprint density at radius 3 is 2.32 bits per heavy atom. The van der Waals surface area contributed by atoms with Gasteiger partial charge in [0.1, 0.15) is 11.8 Å². The van der Waals surface area contributed by atoms with Gasteiger partial charge < -0.3 is 10.2 Å². The molecule has 0 saturated carbocycles. The number of carbonyl (C=O) groups excluding carboxylic acids is 2. The number of benzene rings is 1. The van der Waals surface area contributed by atoms with E-state index in [2.05, 4.69) is 12.6 Å². The Kier molecular flexibility index (Phi) is 4.94. The van der Waals surface area contributed by atoms with Crippen LogP contribution in [0.25, 0.3) is 0 Å². The van der Waals surface area contributed by atoms with Crippen molar-refractivity contribution in [3.63, 3.8) is 0 Å². The number of hydrogen-bond acceptors (Lipinski definition) is 5. The highest BCUT2D eigenvalue weighted by atomic mass is 32.1. The smallest absolute Gasteiger partial charge is 0.327 e. The molecule has 0 aliphatic carbocycles. The number of phenols is 1. The van der Waals surface area contributed by atoms with Gasteiger partial charge in [0.2, 0.25) is 5.91 Å². The summed E-state index contributed by atoms with van der Waals surface area (Å²) in [6.07, 6.45) is 0. The average Bonchev–Trinajstić information content (AvgIpc) is 2.34. The van der Waals surface area contributed by atoms with Gasteiger partial charge in [-0.25, -0.2) is 4.79 Å². The van der Waals surface area contributed by atoms with Crippen molar-refractivity contribution < 1.29 is 24.6 Å². The molecule has 0 fully saturated rings. The zero-order valence-corrected chi connectivity index (χ0v) is 11.0. The molecule has 1 atom stereocenters. The van der Waals surface area contributed by atoms with E-state index < -0.39 is 23.8 Å². The Morgan fingerprint density at radius 2 is 1.89 bits per heavy atom. The van der Waals surface area contributed by atoms with Crippen LogP contribution in [0, 0.1) is 0 Å². The van der Waals surface area contributed by atoms with E-state index in [0.29, 0.717) is 4.90 Å².